The van der Waals surface area contributed by atoms with Crippen molar-refractivity contribution in [3.63, 3.8) is 0 Å². The van der Waals surface area contributed by atoms with Crippen molar-refractivity contribution in [1.29, 1.82) is 0 Å². The summed E-state index contributed by atoms with van der Waals surface area (Å²) >= 11 is 6.23. The van der Waals surface area contributed by atoms with Crippen LogP contribution in [-0.4, -0.2) is 22.8 Å². The summed E-state index contributed by atoms with van der Waals surface area (Å²) in [5.74, 6) is -0.778. The summed E-state index contributed by atoms with van der Waals surface area (Å²) in [4.78, 5) is 24.6. The summed E-state index contributed by atoms with van der Waals surface area (Å²) in [6.07, 6.45) is 3.13. The van der Waals surface area contributed by atoms with E-state index in [-0.39, 0.29) is 17.7 Å². The molecule has 1 N–H and O–H groups in total. The van der Waals surface area contributed by atoms with Crippen LogP contribution in [0.15, 0.2) is 58.1 Å². The molecule has 0 amide bonds. The van der Waals surface area contributed by atoms with Crippen LogP contribution < -0.4 is 10.2 Å². The van der Waals surface area contributed by atoms with Crippen molar-refractivity contribution in [3.05, 3.63) is 64.2 Å². The molecule has 0 saturated carbocycles. The number of aliphatic carboxylic acids is 1. The molecule has 0 aliphatic heterocycles. The fourth-order valence-electron chi connectivity index (χ4n) is 3.31. The highest BCUT2D eigenvalue weighted by Gasteiger charge is 2.19. The molecule has 27 heavy (non-hydrogen) atoms. The molecule has 136 valence electrons. The number of halogens is 1. The Balaban J connectivity index is 2.20. The molecule has 0 saturated heterocycles. The Hall–Kier alpha value is -3.25. The topological polar surface area (TPSA) is 81.7 Å². The number of carboxylic acid groups (broad SMARTS) is 1. The molecule has 0 atom stereocenters. The maximum atomic E-state index is 13.0. The Bertz CT molecular complexity index is 1240. The van der Waals surface area contributed by atoms with Crippen LogP contribution in [0.1, 0.15) is 0 Å². The van der Waals surface area contributed by atoms with E-state index in [0.29, 0.717) is 26.8 Å². The average Bonchev–Trinajstić information content (AvgIpc) is 3.19. The first kappa shape index (κ1) is 17.2. The number of fused-ring (bicyclic) bond motifs is 2. The maximum absolute atomic E-state index is 13.0. The predicted molar refractivity (Wildman–Crippen MR) is 103 cm³/mol. The number of ether oxygens (including phenoxy) is 1. The van der Waals surface area contributed by atoms with E-state index in [2.05, 4.69) is 0 Å². The second-order valence-corrected chi connectivity index (χ2v) is 6.44. The second kappa shape index (κ2) is 6.48. The van der Waals surface area contributed by atoms with Crippen LogP contribution in [0.3, 0.4) is 0 Å². The molecule has 0 spiro atoms. The molecule has 2 aromatic carbocycles. The van der Waals surface area contributed by atoms with Gasteiger partial charge in [0, 0.05) is 10.9 Å². The highest BCUT2D eigenvalue weighted by Crippen LogP contribution is 2.35. The van der Waals surface area contributed by atoms with E-state index in [1.807, 2.05) is 0 Å². The number of rotatable bonds is 4. The molecule has 7 heteroatoms. The summed E-state index contributed by atoms with van der Waals surface area (Å²) in [6, 6.07) is 10.2. The number of benzene rings is 2. The van der Waals surface area contributed by atoms with E-state index in [0.717, 1.165) is 11.1 Å². The van der Waals surface area contributed by atoms with E-state index in [1.54, 1.807) is 53.5 Å². The minimum absolute atomic E-state index is 0.213. The standard InChI is InChI=1S/C20H14ClNO5/c1-26-20-15(21)5-4-14-18(20)22(9-17(23)24)16-8-11(12-6-7-27-10-12)2-3-13(16)19(14)25/h2-8,10H,9H2,1H3,(H,23,24). The van der Waals surface area contributed by atoms with Gasteiger partial charge in [-0.05, 0) is 35.9 Å². The van der Waals surface area contributed by atoms with Gasteiger partial charge in [-0.2, -0.15) is 0 Å². The van der Waals surface area contributed by atoms with E-state index < -0.39 is 5.97 Å². The Labute approximate surface area is 158 Å². The van der Waals surface area contributed by atoms with Crippen LogP contribution in [0.5, 0.6) is 5.75 Å². The number of nitrogens with zero attached hydrogens (tertiary/aromatic N) is 1. The first-order valence-corrected chi connectivity index (χ1v) is 8.46. The van der Waals surface area contributed by atoms with Crippen LogP contribution in [0.2, 0.25) is 5.02 Å². The summed E-state index contributed by atoms with van der Waals surface area (Å²) in [5, 5.41) is 10.5. The molecule has 0 aliphatic rings. The minimum Gasteiger partial charge on any atom is -0.493 e. The maximum Gasteiger partial charge on any atom is 0.323 e. The molecule has 0 unspecified atom stereocenters. The zero-order valence-electron chi connectivity index (χ0n) is 14.2. The first-order valence-electron chi connectivity index (χ1n) is 8.08. The number of pyridine rings is 1. The summed E-state index contributed by atoms with van der Waals surface area (Å²) in [6.45, 7) is -0.348. The van der Waals surface area contributed by atoms with E-state index in [9.17, 15) is 14.7 Å². The van der Waals surface area contributed by atoms with Crippen molar-refractivity contribution < 1.29 is 19.1 Å². The van der Waals surface area contributed by atoms with Crippen LogP contribution in [0.25, 0.3) is 32.9 Å². The molecule has 0 bridgehead atoms. The van der Waals surface area contributed by atoms with Gasteiger partial charge in [0.25, 0.3) is 0 Å². The number of furan rings is 1. The lowest BCUT2D eigenvalue weighted by Crippen LogP contribution is -2.16. The van der Waals surface area contributed by atoms with Crippen LogP contribution in [0, 0.1) is 0 Å². The molecule has 6 nitrogen and oxygen atoms in total. The second-order valence-electron chi connectivity index (χ2n) is 6.03. The van der Waals surface area contributed by atoms with Gasteiger partial charge in [-0.1, -0.05) is 17.7 Å². The number of aromatic nitrogens is 1. The zero-order chi connectivity index (χ0) is 19.1. The molecule has 4 aromatic rings. The number of methoxy groups -OCH3 is 1. The van der Waals surface area contributed by atoms with E-state index in [4.69, 9.17) is 20.8 Å². The number of carboxylic acids is 1. The quantitative estimate of drug-likeness (QED) is 0.535. The van der Waals surface area contributed by atoms with Crippen molar-refractivity contribution in [3.8, 4) is 16.9 Å². The Morgan fingerprint density at radius 2 is 1.96 bits per heavy atom. The summed E-state index contributed by atoms with van der Waals surface area (Å²) < 4.78 is 12.1. The van der Waals surface area contributed by atoms with E-state index in [1.165, 1.54) is 7.11 Å². The van der Waals surface area contributed by atoms with Gasteiger partial charge in [0.1, 0.15) is 6.54 Å². The van der Waals surface area contributed by atoms with E-state index >= 15 is 0 Å². The largest absolute Gasteiger partial charge is 0.493 e. The fourth-order valence-corrected chi connectivity index (χ4v) is 3.54. The lowest BCUT2D eigenvalue weighted by Gasteiger charge is -2.17. The highest BCUT2D eigenvalue weighted by atomic mass is 35.5. The molecular weight excluding hydrogens is 370 g/mol. The van der Waals surface area contributed by atoms with Gasteiger partial charge in [0.2, 0.25) is 0 Å². The minimum atomic E-state index is -1.04. The Morgan fingerprint density at radius 1 is 1.19 bits per heavy atom. The van der Waals surface area contributed by atoms with Crippen molar-refractivity contribution in [1.82, 2.24) is 4.57 Å². The lowest BCUT2D eigenvalue weighted by atomic mass is 10.0. The number of carbonyl (C=O) groups is 1. The molecular formula is C20H14ClNO5. The zero-order valence-corrected chi connectivity index (χ0v) is 15.0. The molecule has 4 rings (SSSR count). The predicted octanol–water partition coefficient (Wildman–Crippen LogP) is 4.16. The van der Waals surface area contributed by atoms with Crippen molar-refractivity contribution in [2.45, 2.75) is 6.54 Å². The fraction of sp³-hybridized carbons (Fsp3) is 0.100. The summed E-state index contributed by atoms with van der Waals surface area (Å²) in [7, 11) is 1.43. The monoisotopic (exact) mass is 383 g/mol. The average molecular weight is 384 g/mol. The van der Waals surface area contributed by atoms with Gasteiger partial charge >= 0.3 is 5.97 Å². The van der Waals surface area contributed by atoms with Gasteiger partial charge in [-0.3, -0.25) is 9.59 Å². The SMILES string of the molecule is COc1c(Cl)ccc2c(=O)c3ccc(-c4ccoc4)cc3n(CC(=O)O)c12. The smallest absolute Gasteiger partial charge is 0.323 e. The highest BCUT2D eigenvalue weighted by molar-refractivity contribution is 6.33. The molecule has 0 aliphatic carbocycles. The van der Waals surface area contributed by atoms with Crippen molar-refractivity contribution in [2.75, 3.05) is 7.11 Å². The van der Waals surface area contributed by atoms with Crippen molar-refractivity contribution in [2.24, 2.45) is 0 Å². The van der Waals surface area contributed by atoms with Gasteiger partial charge in [0.05, 0.1) is 41.1 Å². The van der Waals surface area contributed by atoms with Gasteiger partial charge in [-0.15, -0.1) is 0 Å². The third-order valence-electron chi connectivity index (χ3n) is 4.48. The normalized spacial score (nSPS) is 11.2. The Kier molecular flexibility index (Phi) is 4.12. The van der Waals surface area contributed by atoms with Crippen LogP contribution >= 0.6 is 11.6 Å². The van der Waals surface area contributed by atoms with Gasteiger partial charge < -0.3 is 18.8 Å². The molecule has 0 radical (unpaired) electrons. The molecule has 2 aromatic heterocycles. The summed E-state index contributed by atoms with van der Waals surface area (Å²) in [5.41, 5.74) is 2.25. The van der Waals surface area contributed by atoms with Crippen LogP contribution in [-0.2, 0) is 11.3 Å². The number of hydrogen-bond acceptors (Lipinski definition) is 4. The van der Waals surface area contributed by atoms with Crippen LogP contribution in [0.4, 0.5) is 0 Å². The third kappa shape index (κ3) is 2.74. The van der Waals surface area contributed by atoms with Crippen molar-refractivity contribution >= 4 is 39.4 Å². The molecule has 0 fully saturated rings. The van der Waals surface area contributed by atoms with Gasteiger partial charge in [-0.25, -0.2) is 0 Å². The third-order valence-corrected chi connectivity index (χ3v) is 4.78. The van der Waals surface area contributed by atoms with Gasteiger partial charge in [0.15, 0.2) is 11.2 Å². The molecule has 2 heterocycles. The number of hydrogen-bond donors (Lipinski definition) is 1. The Morgan fingerprint density at radius 3 is 2.63 bits per heavy atom. The first-order chi connectivity index (χ1) is 13.0. The lowest BCUT2D eigenvalue weighted by molar-refractivity contribution is -0.137.